The van der Waals surface area contributed by atoms with Crippen LogP contribution in [-0.4, -0.2) is 17.0 Å². The number of anilines is 1. The topological polar surface area (TPSA) is 66.4 Å². The quantitative estimate of drug-likeness (QED) is 0.799. The molecule has 0 bridgehead atoms. The van der Waals surface area contributed by atoms with E-state index in [-0.39, 0.29) is 10.8 Å². The van der Waals surface area contributed by atoms with Gasteiger partial charge in [-0.1, -0.05) is 28.1 Å². The molecule has 21 heavy (non-hydrogen) atoms. The van der Waals surface area contributed by atoms with Gasteiger partial charge in [0, 0.05) is 10.5 Å². The highest BCUT2D eigenvalue weighted by Crippen LogP contribution is 2.27. The van der Waals surface area contributed by atoms with Crippen molar-refractivity contribution in [1.29, 1.82) is 0 Å². The number of thiophene rings is 1. The lowest BCUT2D eigenvalue weighted by molar-refractivity contribution is -0.111. The summed E-state index contributed by atoms with van der Waals surface area (Å²) >= 11 is 4.44. The van der Waals surface area contributed by atoms with E-state index >= 15 is 0 Å². The second-order valence-corrected chi connectivity index (χ2v) is 6.10. The second-order valence-electron chi connectivity index (χ2n) is 4.30. The Balaban J connectivity index is 2.10. The van der Waals surface area contributed by atoms with Crippen molar-refractivity contribution < 1.29 is 14.7 Å². The fraction of sp³-hybridized carbons (Fsp3) is 0.0667. The van der Waals surface area contributed by atoms with Crippen LogP contribution in [0.4, 0.5) is 5.69 Å². The number of benzene rings is 1. The van der Waals surface area contributed by atoms with Crippen molar-refractivity contribution in [2.45, 2.75) is 6.92 Å². The number of nitrogens with one attached hydrogen (secondary N) is 1. The van der Waals surface area contributed by atoms with Crippen LogP contribution in [0.15, 0.2) is 40.2 Å². The van der Waals surface area contributed by atoms with Crippen molar-refractivity contribution in [1.82, 2.24) is 0 Å². The van der Waals surface area contributed by atoms with Gasteiger partial charge in [-0.15, -0.1) is 11.3 Å². The van der Waals surface area contributed by atoms with Crippen molar-refractivity contribution in [3.8, 4) is 0 Å². The lowest BCUT2D eigenvalue weighted by atomic mass is 10.2. The van der Waals surface area contributed by atoms with E-state index in [1.54, 1.807) is 18.4 Å². The number of halogens is 1. The van der Waals surface area contributed by atoms with Gasteiger partial charge in [-0.05, 0) is 41.6 Å². The van der Waals surface area contributed by atoms with Gasteiger partial charge in [-0.3, -0.25) is 4.79 Å². The van der Waals surface area contributed by atoms with Gasteiger partial charge >= 0.3 is 5.97 Å². The largest absolute Gasteiger partial charge is 0.477 e. The Bertz CT molecular complexity index is 704. The molecule has 1 aromatic heterocycles. The molecule has 4 nitrogen and oxygen atoms in total. The van der Waals surface area contributed by atoms with Crippen molar-refractivity contribution >= 4 is 50.9 Å². The van der Waals surface area contributed by atoms with Gasteiger partial charge in [0.2, 0.25) is 5.91 Å². The monoisotopic (exact) mass is 365 g/mol. The van der Waals surface area contributed by atoms with Crippen LogP contribution in [-0.2, 0) is 4.79 Å². The number of rotatable bonds is 4. The molecule has 108 valence electrons. The molecule has 0 spiro atoms. The van der Waals surface area contributed by atoms with E-state index in [9.17, 15) is 9.59 Å². The van der Waals surface area contributed by atoms with Crippen LogP contribution in [0.25, 0.3) is 6.08 Å². The molecule has 0 aliphatic heterocycles. The van der Waals surface area contributed by atoms with Gasteiger partial charge < -0.3 is 10.4 Å². The number of carbonyl (C=O) groups is 2. The molecular weight excluding hydrogens is 354 g/mol. The highest BCUT2D eigenvalue weighted by atomic mass is 79.9. The highest BCUT2D eigenvalue weighted by Gasteiger charge is 2.16. The fourth-order valence-corrected chi connectivity index (χ4v) is 2.78. The first-order valence-corrected chi connectivity index (χ1v) is 7.70. The number of aryl methyl sites for hydroxylation is 1. The summed E-state index contributed by atoms with van der Waals surface area (Å²) < 4.78 is 0.962. The van der Waals surface area contributed by atoms with E-state index in [4.69, 9.17) is 5.11 Å². The Morgan fingerprint density at radius 3 is 2.57 bits per heavy atom. The number of aromatic carboxylic acids is 1. The predicted octanol–water partition coefficient (Wildman–Crippen LogP) is 4.17. The minimum Gasteiger partial charge on any atom is -0.477 e. The minimum atomic E-state index is -1.04. The van der Waals surface area contributed by atoms with Crippen molar-refractivity contribution in [3.63, 3.8) is 0 Å². The summed E-state index contributed by atoms with van der Waals surface area (Å²) in [6.45, 7) is 1.76. The molecule has 0 saturated carbocycles. The summed E-state index contributed by atoms with van der Waals surface area (Å²) in [6.07, 6.45) is 3.05. The third-order valence-corrected chi connectivity index (χ3v) is 4.33. The first-order valence-electron chi connectivity index (χ1n) is 6.03. The summed E-state index contributed by atoms with van der Waals surface area (Å²) in [5.74, 6) is -1.40. The summed E-state index contributed by atoms with van der Waals surface area (Å²) in [6, 6.07) is 7.49. The molecule has 0 radical (unpaired) electrons. The maximum atomic E-state index is 11.9. The Kier molecular flexibility index (Phi) is 4.93. The molecule has 6 heteroatoms. The minimum absolute atomic E-state index is 0.137. The van der Waals surface area contributed by atoms with Crippen LogP contribution >= 0.6 is 27.3 Å². The first-order chi connectivity index (χ1) is 9.97. The molecule has 1 aromatic carbocycles. The number of hydrogen-bond acceptors (Lipinski definition) is 3. The maximum Gasteiger partial charge on any atom is 0.348 e. The molecule has 1 amide bonds. The number of carboxylic acid groups (broad SMARTS) is 1. The standard InChI is InChI=1S/C15H12BrNO3S/c1-9-8-21-14(15(19)20)13(9)17-12(18)7-4-10-2-5-11(16)6-3-10/h2-8H,1H3,(H,17,18)(H,19,20)/b7-4+. The maximum absolute atomic E-state index is 11.9. The van der Waals surface area contributed by atoms with Gasteiger partial charge in [0.15, 0.2) is 0 Å². The SMILES string of the molecule is Cc1csc(C(=O)O)c1NC(=O)/C=C/c1ccc(Br)cc1. The molecule has 0 atom stereocenters. The van der Waals surface area contributed by atoms with Crippen molar-refractivity contribution in [2.24, 2.45) is 0 Å². The third kappa shape index (κ3) is 4.03. The fourth-order valence-electron chi connectivity index (χ4n) is 1.67. The molecule has 1 heterocycles. The van der Waals surface area contributed by atoms with E-state index in [0.717, 1.165) is 26.9 Å². The predicted molar refractivity (Wildman–Crippen MR) is 87.8 cm³/mol. The van der Waals surface area contributed by atoms with Crippen LogP contribution in [0, 0.1) is 6.92 Å². The van der Waals surface area contributed by atoms with Crippen LogP contribution in [0.3, 0.4) is 0 Å². The number of carbonyl (C=O) groups excluding carboxylic acids is 1. The molecule has 0 aliphatic rings. The van der Waals surface area contributed by atoms with Gasteiger partial charge in [0.1, 0.15) is 4.88 Å². The zero-order valence-corrected chi connectivity index (χ0v) is 13.5. The summed E-state index contributed by atoms with van der Waals surface area (Å²) in [7, 11) is 0. The Morgan fingerprint density at radius 1 is 1.29 bits per heavy atom. The smallest absolute Gasteiger partial charge is 0.348 e. The normalized spacial score (nSPS) is 10.8. The van der Waals surface area contributed by atoms with Crippen LogP contribution in [0.2, 0.25) is 0 Å². The number of hydrogen-bond donors (Lipinski definition) is 2. The number of carboxylic acids is 1. The van der Waals surface area contributed by atoms with E-state index in [1.807, 2.05) is 24.3 Å². The molecule has 2 rings (SSSR count). The van der Waals surface area contributed by atoms with Gasteiger partial charge in [0.05, 0.1) is 5.69 Å². The van der Waals surface area contributed by atoms with Gasteiger partial charge in [-0.25, -0.2) is 4.79 Å². The Labute approximate surface area is 134 Å². The molecule has 0 fully saturated rings. The average molecular weight is 366 g/mol. The summed E-state index contributed by atoms with van der Waals surface area (Å²) in [5.41, 5.74) is 1.98. The van der Waals surface area contributed by atoms with E-state index in [1.165, 1.54) is 6.08 Å². The molecule has 2 N–H and O–H groups in total. The van der Waals surface area contributed by atoms with Crippen molar-refractivity contribution in [3.05, 3.63) is 56.2 Å². The molecule has 0 saturated heterocycles. The van der Waals surface area contributed by atoms with Crippen molar-refractivity contribution in [2.75, 3.05) is 5.32 Å². The van der Waals surface area contributed by atoms with Crippen LogP contribution in [0.1, 0.15) is 20.8 Å². The molecule has 0 unspecified atom stereocenters. The average Bonchev–Trinajstić information content (AvgIpc) is 2.80. The van der Waals surface area contributed by atoms with E-state index < -0.39 is 5.97 Å². The van der Waals surface area contributed by atoms with E-state index in [2.05, 4.69) is 21.2 Å². The lowest BCUT2D eigenvalue weighted by Crippen LogP contribution is -2.11. The van der Waals surface area contributed by atoms with E-state index in [0.29, 0.717) is 5.69 Å². The zero-order chi connectivity index (χ0) is 15.4. The summed E-state index contributed by atoms with van der Waals surface area (Å²) in [5, 5.41) is 13.4. The highest BCUT2D eigenvalue weighted by molar-refractivity contribution is 9.10. The van der Waals surface area contributed by atoms with Crippen LogP contribution < -0.4 is 5.32 Å². The van der Waals surface area contributed by atoms with Gasteiger partial charge in [-0.2, -0.15) is 0 Å². The second kappa shape index (κ2) is 6.69. The first kappa shape index (κ1) is 15.5. The Morgan fingerprint density at radius 2 is 1.95 bits per heavy atom. The molecule has 0 aliphatic carbocycles. The zero-order valence-electron chi connectivity index (χ0n) is 11.1. The lowest BCUT2D eigenvalue weighted by Gasteiger charge is -2.03. The molecule has 2 aromatic rings. The third-order valence-electron chi connectivity index (χ3n) is 2.71. The molecular formula is C15H12BrNO3S. The van der Waals surface area contributed by atoms with Gasteiger partial charge in [0.25, 0.3) is 0 Å². The van der Waals surface area contributed by atoms with Crippen LogP contribution in [0.5, 0.6) is 0 Å². The Hall–Kier alpha value is -1.92. The number of amides is 1. The summed E-state index contributed by atoms with van der Waals surface area (Å²) in [4.78, 5) is 23.1.